The van der Waals surface area contributed by atoms with Crippen LogP contribution in [0.25, 0.3) is 5.57 Å². The van der Waals surface area contributed by atoms with Crippen molar-refractivity contribution >= 4 is 12.7 Å². The number of halogens is 1. The Morgan fingerprint density at radius 3 is 2.03 bits per heavy atom. The molecule has 0 saturated carbocycles. The van der Waals surface area contributed by atoms with Crippen LogP contribution in [0, 0.1) is 0 Å². The fraction of sp³-hybridized carbons (Fsp3) is 0.636. The maximum atomic E-state index is 15.7. The Morgan fingerprint density at radius 1 is 1.00 bits per heavy atom. The normalized spacial score (nSPS) is 19.2. The molecule has 2 rings (SSSR count). The molecule has 0 aromatic heterocycles. The van der Waals surface area contributed by atoms with Crippen molar-refractivity contribution < 1.29 is 27.9 Å². The van der Waals surface area contributed by atoms with Crippen LogP contribution in [0.2, 0.25) is 0 Å². The molecule has 1 aromatic carbocycles. The summed E-state index contributed by atoms with van der Waals surface area (Å²) in [6.45, 7) is 13.9. The molecular formula is C22H34BFO5. The van der Waals surface area contributed by atoms with E-state index in [1.54, 1.807) is 32.4 Å². The van der Waals surface area contributed by atoms with Crippen LogP contribution in [-0.2, 0) is 14.0 Å². The Balaban J connectivity index is 2.43. The summed E-state index contributed by atoms with van der Waals surface area (Å²) in [5.41, 5.74) is -0.877. The molecule has 1 fully saturated rings. The first-order chi connectivity index (χ1) is 13.3. The predicted octanol–water partition coefficient (Wildman–Crippen LogP) is 5.22. The van der Waals surface area contributed by atoms with Gasteiger partial charge in [-0.05, 0) is 78.2 Å². The second-order valence-electron chi connectivity index (χ2n) is 9.20. The zero-order valence-electron chi connectivity index (χ0n) is 19.1. The van der Waals surface area contributed by atoms with Crippen LogP contribution in [0.15, 0.2) is 23.9 Å². The van der Waals surface area contributed by atoms with Gasteiger partial charge in [0.05, 0.1) is 37.6 Å². The minimum atomic E-state index is -1.07. The summed E-state index contributed by atoms with van der Waals surface area (Å²) in [4.78, 5) is 0. The third-order valence-electron chi connectivity index (χ3n) is 5.37. The van der Waals surface area contributed by atoms with Crippen molar-refractivity contribution in [3.8, 4) is 11.5 Å². The third kappa shape index (κ3) is 5.53. The van der Waals surface area contributed by atoms with Gasteiger partial charge in [0.15, 0.2) is 11.5 Å². The Bertz CT molecular complexity index is 736. The van der Waals surface area contributed by atoms with Gasteiger partial charge in [0.1, 0.15) is 5.73 Å². The van der Waals surface area contributed by atoms with Crippen LogP contribution < -0.4 is 9.47 Å². The van der Waals surface area contributed by atoms with E-state index in [0.717, 1.165) is 0 Å². The minimum absolute atomic E-state index is 0.316. The van der Waals surface area contributed by atoms with E-state index in [4.69, 9.17) is 23.5 Å². The van der Waals surface area contributed by atoms with E-state index in [9.17, 15) is 0 Å². The van der Waals surface area contributed by atoms with Crippen molar-refractivity contribution in [1.29, 1.82) is 0 Å². The van der Waals surface area contributed by atoms with Gasteiger partial charge >= 0.3 is 7.12 Å². The van der Waals surface area contributed by atoms with E-state index >= 15 is 4.39 Å². The van der Waals surface area contributed by atoms with Crippen molar-refractivity contribution in [2.75, 3.05) is 20.8 Å². The number of hydrogen-bond acceptors (Lipinski definition) is 5. The molecule has 5 nitrogen and oxygen atoms in total. The maximum absolute atomic E-state index is 15.7. The van der Waals surface area contributed by atoms with Crippen LogP contribution in [0.4, 0.5) is 4.39 Å². The van der Waals surface area contributed by atoms with Gasteiger partial charge in [0.25, 0.3) is 0 Å². The summed E-state index contributed by atoms with van der Waals surface area (Å²) < 4.78 is 44.1. The topological polar surface area (TPSA) is 46.2 Å². The van der Waals surface area contributed by atoms with Crippen LogP contribution in [0.5, 0.6) is 11.5 Å². The van der Waals surface area contributed by atoms with Gasteiger partial charge in [-0.3, -0.25) is 0 Å². The van der Waals surface area contributed by atoms with Crippen molar-refractivity contribution in [1.82, 2.24) is 0 Å². The highest BCUT2D eigenvalue weighted by Gasteiger charge is 2.53. The minimum Gasteiger partial charge on any atom is -0.493 e. The van der Waals surface area contributed by atoms with Crippen molar-refractivity contribution in [3.63, 3.8) is 0 Å². The molecule has 7 heteroatoms. The largest absolute Gasteiger partial charge is 0.525 e. The Kier molecular flexibility index (Phi) is 7.08. The first kappa shape index (κ1) is 23.7. The van der Waals surface area contributed by atoms with Crippen molar-refractivity contribution in [2.45, 2.75) is 71.7 Å². The lowest BCUT2D eigenvalue weighted by Crippen LogP contribution is -2.41. The van der Waals surface area contributed by atoms with Gasteiger partial charge in [-0.1, -0.05) is 6.07 Å². The highest BCUT2D eigenvalue weighted by Crippen LogP contribution is 2.41. The van der Waals surface area contributed by atoms with E-state index < -0.39 is 24.0 Å². The summed E-state index contributed by atoms with van der Waals surface area (Å²) in [6, 6.07) is 5.32. The van der Waals surface area contributed by atoms with Gasteiger partial charge in [-0.25, -0.2) is 4.39 Å². The first-order valence-corrected chi connectivity index (χ1v) is 9.92. The molecule has 1 heterocycles. The molecule has 0 amide bonds. The van der Waals surface area contributed by atoms with Crippen LogP contribution in [0.1, 0.15) is 60.5 Å². The molecule has 29 heavy (non-hydrogen) atoms. The summed E-state index contributed by atoms with van der Waals surface area (Å²) in [6.07, 6.45) is 0.364. The molecule has 0 unspecified atom stereocenters. The van der Waals surface area contributed by atoms with Crippen molar-refractivity contribution in [3.05, 3.63) is 29.5 Å². The second kappa shape index (κ2) is 8.66. The zero-order chi connectivity index (χ0) is 22.0. The van der Waals surface area contributed by atoms with E-state index in [-0.39, 0.29) is 5.60 Å². The standard InChI is InChI=1S/C22H34BFO5/c1-20(2,3)27-13-12-16(15-10-11-17(25-8)18(14-15)26-9)19(24)23-28-21(4,5)22(6,7)29-23/h10-11,14H,12-13H2,1-9H3. The fourth-order valence-electron chi connectivity index (χ4n) is 2.97. The number of benzene rings is 1. The molecule has 0 atom stereocenters. The molecule has 1 aromatic rings. The summed E-state index contributed by atoms with van der Waals surface area (Å²) in [5, 5.41) is 0. The summed E-state index contributed by atoms with van der Waals surface area (Å²) in [7, 11) is 2.05. The Labute approximate surface area is 174 Å². The van der Waals surface area contributed by atoms with Crippen LogP contribution in [-0.4, -0.2) is 44.7 Å². The highest BCUT2D eigenvalue weighted by molar-refractivity contribution is 6.55. The van der Waals surface area contributed by atoms with E-state index in [1.165, 1.54) is 0 Å². The molecule has 1 aliphatic heterocycles. The predicted molar refractivity (Wildman–Crippen MR) is 114 cm³/mol. The highest BCUT2D eigenvalue weighted by atomic mass is 19.1. The second-order valence-corrected chi connectivity index (χ2v) is 9.20. The molecule has 0 radical (unpaired) electrons. The lowest BCUT2D eigenvalue weighted by Gasteiger charge is -2.32. The molecule has 162 valence electrons. The lowest BCUT2D eigenvalue weighted by molar-refractivity contribution is 0.000562. The molecule has 0 spiro atoms. The first-order valence-electron chi connectivity index (χ1n) is 9.92. The van der Waals surface area contributed by atoms with Gasteiger partial charge in [-0.2, -0.15) is 0 Å². The molecule has 0 N–H and O–H groups in total. The van der Waals surface area contributed by atoms with Gasteiger partial charge in [0, 0.05) is 0 Å². The number of rotatable bonds is 7. The summed E-state index contributed by atoms with van der Waals surface area (Å²) in [5.74, 6) is 1.11. The van der Waals surface area contributed by atoms with E-state index in [2.05, 4.69) is 0 Å². The van der Waals surface area contributed by atoms with Gasteiger partial charge < -0.3 is 23.5 Å². The molecular weight excluding hydrogens is 374 g/mol. The lowest BCUT2D eigenvalue weighted by atomic mass is 9.81. The van der Waals surface area contributed by atoms with Crippen LogP contribution >= 0.6 is 0 Å². The summed E-state index contributed by atoms with van der Waals surface area (Å²) >= 11 is 0. The van der Waals surface area contributed by atoms with Crippen LogP contribution in [0.3, 0.4) is 0 Å². The third-order valence-corrected chi connectivity index (χ3v) is 5.37. The molecule has 1 saturated heterocycles. The quantitative estimate of drug-likeness (QED) is 0.579. The Hall–Kier alpha value is -1.57. The number of ether oxygens (including phenoxy) is 3. The number of hydrogen-bond donors (Lipinski definition) is 0. The Morgan fingerprint density at radius 2 is 1.55 bits per heavy atom. The van der Waals surface area contributed by atoms with Gasteiger partial charge in [0.2, 0.25) is 0 Å². The average molecular weight is 408 g/mol. The monoisotopic (exact) mass is 408 g/mol. The van der Waals surface area contributed by atoms with E-state index in [0.29, 0.717) is 35.7 Å². The molecule has 0 aliphatic carbocycles. The number of methoxy groups -OCH3 is 2. The van der Waals surface area contributed by atoms with E-state index in [1.807, 2.05) is 48.5 Å². The average Bonchev–Trinajstić information content (AvgIpc) is 2.84. The zero-order valence-corrected chi connectivity index (χ0v) is 19.1. The van der Waals surface area contributed by atoms with Gasteiger partial charge in [-0.15, -0.1) is 0 Å². The fourth-order valence-corrected chi connectivity index (χ4v) is 2.97. The smallest absolute Gasteiger partial charge is 0.493 e. The molecule has 1 aliphatic rings. The maximum Gasteiger partial charge on any atom is 0.525 e. The molecule has 0 bridgehead atoms. The SMILES string of the molecule is COc1ccc(C(CCOC(C)(C)C)=C(F)B2OC(C)(C)C(C)(C)O2)cc1OC. The van der Waals surface area contributed by atoms with Crippen molar-refractivity contribution in [2.24, 2.45) is 0 Å².